The van der Waals surface area contributed by atoms with Crippen LogP contribution in [-0.2, 0) is 13.1 Å². The summed E-state index contributed by atoms with van der Waals surface area (Å²) in [7, 11) is 0. The molecule has 0 aliphatic heterocycles. The maximum absolute atomic E-state index is 8.77. The molecule has 96 valence electrons. The van der Waals surface area contributed by atoms with E-state index < -0.39 is 0 Å². The van der Waals surface area contributed by atoms with Crippen molar-refractivity contribution in [2.75, 3.05) is 0 Å². The quantitative estimate of drug-likeness (QED) is 0.887. The molecule has 3 rings (SSSR count). The first-order valence-corrected chi connectivity index (χ1v) is 6.70. The summed E-state index contributed by atoms with van der Waals surface area (Å²) in [6.07, 6.45) is 6.95. The van der Waals surface area contributed by atoms with E-state index in [9.17, 15) is 0 Å². The van der Waals surface area contributed by atoms with E-state index >= 15 is 0 Å². The molecular formula is C16H17N3. The van der Waals surface area contributed by atoms with Gasteiger partial charge in [0.25, 0.3) is 0 Å². The predicted molar refractivity (Wildman–Crippen MR) is 74.6 cm³/mol. The fraction of sp³-hybridized carbons (Fsp3) is 0.312. The first kappa shape index (κ1) is 12.0. The molecule has 0 atom stereocenters. The number of nitrogens with zero attached hydrogens (tertiary/aromatic N) is 2. The van der Waals surface area contributed by atoms with Gasteiger partial charge in [-0.3, -0.25) is 0 Å². The molecule has 2 aromatic rings. The van der Waals surface area contributed by atoms with Gasteiger partial charge in [-0.05, 0) is 42.2 Å². The van der Waals surface area contributed by atoms with Crippen LogP contribution in [-0.4, -0.2) is 10.6 Å². The highest BCUT2D eigenvalue weighted by Crippen LogP contribution is 2.19. The summed E-state index contributed by atoms with van der Waals surface area (Å²) in [5.41, 5.74) is 3.27. The zero-order valence-corrected chi connectivity index (χ0v) is 10.8. The van der Waals surface area contributed by atoms with Crippen LogP contribution in [0.3, 0.4) is 0 Å². The van der Waals surface area contributed by atoms with Crippen molar-refractivity contribution < 1.29 is 0 Å². The number of aromatic nitrogens is 1. The first-order valence-electron chi connectivity index (χ1n) is 6.70. The maximum atomic E-state index is 8.77. The summed E-state index contributed by atoms with van der Waals surface area (Å²) >= 11 is 0. The Labute approximate surface area is 113 Å². The van der Waals surface area contributed by atoms with Crippen LogP contribution < -0.4 is 5.32 Å². The zero-order valence-electron chi connectivity index (χ0n) is 10.8. The van der Waals surface area contributed by atoms with Gasteiger partial charge < -0.3 is 9.88 Å². The van der Waals surface area contributed by atoms with E-state index in [1.54, 1.807) is 0 Å². The van der Waals surface area contributed by atoms with Gasteiger partial charge >= 0.3 is 0 Å². The van der Waals surface area contributed by atoms with Crippen molar-refractivity contribution in [1.29, 1.82) is 5.26 Å². The third-order valence-corrected chi connectivity index (χ3v) is 3.43. The lowest BCUT2D eigenvalue weighted by molar-refractivity contribution is 0.685. The summed E-state index contributed by atoms with van der Waals surface area (Å²) in [5.74, 6) is 0. The minimum atomic E-state index is 0.713. The van der Waals surface area contributed by atoms with Gasteiger partial charge in [-0.25, -0.2) is 0 Å². The van der Waals surface area contributed by atoms with Crippen molar-refractivity contribution in [1.82, 2.24) is 9.88 Å². The van der Waals surface area contributed by atoms with E-state index in [-0.39, 0.29) is 0 Å². The fourth-order valence-corrected chi connectivity index (χ4v) is 2.14. The van der Waals surface area contributed by atoms with E-state index in [0.717, 1.165) is 19.1 Å². The monoisotopic (exact) mass is 251 g/mol. The normalized spacial score (nSPS) is 14.3. The van der Waals surface area contributed by atoms with E-state index in [4.69, 9.17) is 5.26 Å². The average molecular weight is 251 g/mol. The topological polar surface area (TPSA) is 40.8 Å². The van der Waals surface area contributed by atoms with Crippen LogP contribution in [0.25, 0.3) is 0 Å². The van der Waals surface area contributed by atoms with Gasteiger partial charge in [-0.1, -0.05) is 12.1 Å². The second-order valence-electron chi connectivity index (χ2n) is 5.16. The van der Waals surface area contributed by atoms with E-state index in [2.05, 4.69) is 34.4 Å². The lowest BCUT2D eigenvalue weighted by atomic mass is 10.1. The molecule has 1 fully saturated rings. The van der Waals surface area contributed by atoms with Gasteiger partial charge in [-0.2, -0.15) is 5.26 Å². The highest BCUT2D eigenvalue weighted by Gasteiger charge is 2.19. The van der Waals surface area contributed by atoms with Crippen LogP contribution in [0.15, 0.2) is 42.7 Å². The van der Waals surface area contributed by atoms with E-state index in [1.165, 1.54) is 24.0 Å². The van der Waals surface area contributed by atoms with Gasteiger partial charge in [0.1, 0.15) is 0 Å². The Kier molecular flexibility index (Phi) is 3.35. The molecule has 3 heteroatoms. The summed E-state index contributed by atoms with van der Waals surface area (Å²) in [4.78, 5) is 0. The third kappa shape index (κ3) is 3.24. The minimum Gasteiger partial charge on any atom is -0.350 e. The van der Waals surface area contributed by atoms with Crippen molar-refractivity contribution in [2.24, 2.45) is 0 Å². The molecule has 0 saturated heterocycles. The van der Waals surface area contributed by atoms with Gasteiger partial charge in [0.15, 0.2) is 0 Å². The molecule has 1 aromatic heterocycles. The minimum absolute atomic E-state index is 0.713. The molecule has 1 aliphatic rings. The van der Waals surface area contributed by atoms with Crippen molar-refractivity contribution in [3.8, 4) is 6.07 Å². The summed E-state index contributed by atoms with van der Waals surface area (Å²) in [5, 5.41) is 12.3. The van der Waals surface area contributed by atoms with Gasteiger partial charge in [0.2, 0.25) is 0 Å². The molecule has 0 unspecified atom stereocenters. The van der Waals surface area contributed by atoms with E-state index in [1.807, 2.05) is 24.3 Å². The van der Waals surface area contributed by atoms with Gasteiger partial charge in [-0.15, -0.1) is 0 Å². The molecule has 1 heterocycles. The molecule has 0 radical (unpaired) electrons. The lowest BCUT2D eigenvalue weighted by Crippen LogP contribution is -2.14. The van der Waals surface area contributed by atoms with Crippen LogP contribution in [0.2, 0.25) is 0 Å². The highest BCUT2D eigenvalue weighted by molar-refractivity contribution is 5.31. The lowest BCUT2D eigenvalue weighted by Gasteiger charge is -2.03. The number of hydrogen-bond acceptors (Lipinski definition) is 2. The Balaban J connectivity index is 1.60. The molecule has 1 saturated carbocycles. The van der Waals surface area contributed by atoms with E-state index in [0.29, 0.717) is 5.56 Å². The Hall–Kier alpha value is -2.05. The SMILES string of the molecule is N#Cc1ccc(Cn2ccc(CNC3CC3)c2)cc1. The molecule has 19 heavy (non-hydrogen) atoms. The van der Waals surface area contributed by atoms with Gasteiger partial charge in [0.05, 0.1) is 11.6 Å². The Morgan fingerprint density at radius 2 is 1.95 bits per heavy atom. The first-order chi connectivity index (χ1) is 9.33. The maximum Gasteiger partial charge on any atom is 0.0991 e. The number of nitriles is 1. The molecular weight excluding hydrogens is 234 g/mol. The standard InChI is InChI=1S/C16H17N3/c17-9-13-1-3-14(4-2-13)11-19-8-7-15(12-19)10-18-16-5-6-16/h1-4,7-8,12,16,18H,5-6,10-11H2. The zero-order chi connectivity index (χ0) is 13.1. The number of hydrogen-bond donors (Lipinski definition) is 1. The Morgan fingerprint density at radius 1 is 1.16 bits per heavy atom. The highest BCUT2D eigenvalue weighted by atomic mass is 15.0. The molecule has 0 bridgehead atoms. The summed E-state index contributed by atoms with van der Waals surface area (Å²) in [6.45, 7) is 1.82. The molecule has 1 N–H and O–H groups in total. The Morgan fingerprint density at radius 3 is 2.63 bits per heavy atom. The van der Waals surface area contributed by atoms with Crippen LogP contribution in [0, 0.1) is 11.3 Å². The Bertz CT molecular complexity index is 585. The largest absolute Gasteiger partial charge is 0.350 e. The number of rotatable bonds is 5. The molecule has 3 nitrogen and oxygen atoms in total. The smallest absolute Gasteiger partial charge is 0.0991 e. The number of benzene rings is 1. The van der Waals surface area contributed by atoms with Crippen LogP contribution in [0.1, 0.15) is 29.5 Å². The van der Waals surface area contributed by atoms with Crippen molar-refractivity contribution in [3.63, 3.8) is 0 Å². The average Bonchev–Trinajstić information content (AvgIpc) is 3.17. The second-order valence-corrected chi connectivity index (χ2v) is 5.16. The molecule has 1 aliphatic carbocycles. The molecule has 1 aromatic carbocycles. The second kappa shape index (κ2) is 5.29. The number of nitrogens with one attached hydrogen (secondary N) is 1. The fourth-order valence-electron chi connectivity index (χ4n) is 2.14. The van der Waals surface area contributed by atoms with Crippen LogP contribution in [0.5, 0.6) is 0 Å². The molecule has 0 spiro atoms. The van der Waals surface area contributed by atoms with Crippen molar-refractivity contribution in [3.05, 3.63) is 59.4 Å². The van der Waals surface area contributed by atoms with Crippen LogP contribution in [0.4, 0.5) is 0 Å². The van der Waals surface area contributed by atoms with Gasteiger partial charge in [0, 0.05) is 31.5 Å². The predicted octanol–water partition coefficient (Wildman–Crippen LogP) is 2.66. The molecule has 0 amide bonds. The van der Waals surface area contributed by atoms with Crippen molar-refractivity contribution >= 4 is 0 Å². The third-order valence-electron chi connectivity index (χ3n) is 3.43. The van der Waals surface area contributed by atoms with Crippen LogP contribution >= 0.6 is 0 Å². The van der Waals surface area contributed by atoms with Crippen molar-refractivity contribution in [2.45, 2.75) is 32.0 Å². The summed E-state index contributed by atoms with van der Waals surface area (Å²) < 4.78 is 2.19. The summed E-state index contributed by atoms with van der Waals surface area (Å²) in [6, 6.07) is 12.8.